The number of rotatable bonds is 0. The molecule has 2 heteroatoms. The van der Waals surface area contributed by atoms with Crippen molar-refractivity contribution in [3.8, 4) is 0 Å². The average Bonchev–Trinajstić information content (AvgIpc) is 2.94. The standard InChI is InChI=1S/C20H30O.C2H6.CH4S/c1-13-4-7-17-16-6-5-14-12-15(21)8-10-20(14,3)18(16)9-11-19(13,17)2;2*1-2/h14,16-18H,1,4-12H2,2-3H3;1-2H3;2H,1H3. The molecule has 4 fully saturated rings. The van der Waals surface area contributed by atoms with Crippen LogP contribution in [-0.2, 0) is 4.79 Å². The van der Waals surface area contributed by atoms with Gasteiger partial charge in [0.05, 0.1) is 0 Å². The van der Waals surface area contributed by atoms with Gasteiger partial charge < -0.3 is 0 Å². The van der Waals surface area contributed by atoms with Gasteiger partial charge in [-0.25, -0.2) is 0 Å². The molecule has 4 aliphatic rings. The average molecular weight is 365 g/mol. The maximum absolute atomic E-state index is 11.9. The molecule has 0 aromatic rings. The fraction of sp³-hybridized carbons (Fsp3) is 0.870. The van der Waals surface area contributed by atoms with Crippen LogP contribution in [-0.4, -0.2) is 12.0 Å². The summed E-state index contributed by atoms with van der Waals surface area (Å²) in [5.41, 5.74) is 2.44. The third-order valence-corrected chi connectivity index (χ3v) is 8.44. The highest BCUT2D eigenvalue weighted by molar-refractivity contribution is 7.79. The Kier molecular flexibility index (Phi) is 6.90. The van der Waals surface area contributed by atoms with Crippen molar-refractivity contribution < 1.29 is 4.79 Å². The zero-order chi connectivity index (χ0) is 18.8. The van der Waals surface area contributed by atoms with Crippen LogP contribution in [0.15, 0.2) is 12.2 Å². The fourth-order valence-electron chi connectivity index (χ4n) is 6.95. The summed E-state index contributed by atoms with van der Waals surface area (Å²) in [4.78, 5) is 11.9. The van der Waals surface area contributed by atoms with E-state index in [4.69, 9.17) is 0 Å². The normalized spacial score (nSPS) is 45.0. The number of hydrogen-bond donors (Lipinski definition) is 1. The van der Waals surface area contributed by atoms with Crippen molar-refractivity contribution in [3.05, 3.63) is 12.2 Å². The van der Waals surface area contributed by atoms with Crippen LogP contribution >= 0.6 is 12.6 Å². The van der Waals surface area contributed by atoms with E-state index in [2.05, 4.69) is 33.1 Å². The lowest BCUT2D eigenvalue weighted by molar-refractivity contribution is -0.136. The molecular weight excluding hydrogens is 324 g/mol. The summed E-state index contributed by atoms with van der Waals surface area (Å²) in [7, 11) is 0. The largest absolute Gasteiger partial charge is 0.300 e. The molecule has 0 spiro atoms. The summed E-state index contributed by atoms with van der Waals surface area (Å²) >= 11 is 3.53. The highest BCUT2D eigenvalue weighted by Gasteiger charge is 2.58. The molecule has 0 saturated heterocycles. The van der Waals surface area contributed by atoms with Crippen molar-refractivity contribution >= 4 is 18.4 Å². The summed E-state index contributed by atoms with van der Waals surface area (Å²) < 4.78 is 0. The van der Waals surface area contributed by atoms with Crippen LogP contribution in [0.1, 0.15) is 85.5 Å². The molecule has 0 aliphatic heterocycles. The Balaban J connectivity index is 0.000000528. The van der Waals surface area contributed by atoms with Crippen LogP contribution < -0.4 is 0 Å². The van der Waals surface area contributed by atoms with Gasteiger partial charge >= 0.3 is 0 Å². The first kappa shape index (κ1) is 21.1. The highest BCUT2D eigenvalue weighted by atomic mass is 32.1. The first-order chi connectivity index (χ1) is 11.9. The van der Waals surface area contributed by atoms with Crippen molar-refractivity contribution in [1.82, 2.24) is 0 Å². The smallest absolute Gasteiger partial charge is 0.133 e. The molecule has 4 rings (SSSR count). The van der Waals surface area contributed by atoms with Crippen molar-refractivity contribution in [2.45, 2.75) is 85.5 Å². The number of carbonyl (C=O) groups is 1. The number of thiol groups is 1. The predicted octanol–water partition coefficient (Wildman–Crippen LogP) is 6.73. The van der Waals surface area contributed by atoms with Crippen molar-refractivity contribution in [3.63, 3.8) is 0 Å². The topological polar surface area (TPSA) is 17.1 Å². The van der Waals surface area contributed by atoms with Gasteiger partial charge in [-0.15, -0.1) is 0 Å². The Hall–Kier alpha value is -0.240. The van der Waals surface area contributed by atoms with Gasteiger partial charge in [0.2, 0.25) is 0 Å². The third kappa shape index (κ3) is 3.37. The first-order valence-corrected chi connectivity index (χ1v) is 11.5. The second kappa shape index (κ2) is 8.19. The molecule has 0 aromatic heterocycles. The van der Waals surface area contributed by atoms with Crippen LogP contribution in [0.4, 0.5) is 0 Å². The quantitative estimate of drug-likeness (QED) is 0.372. The molecule has 0 bridgehead atoms. The summed E-state index contributed by atoms with van der Waals surface area (Å²) in [6, 6.07) is 0. The summed E-state index contributed by atoms with van der Waals surface area (Å²) in [6.07, 6.45) is 12.7. The lowest BCUT2D eigenvalue weighted by Crippen LogP contribution is -2.52. The van der Waals surface area contributed by atoms with E-state index in [1.807, 2.05) is 13.8 Å². The van der Waals surface area contributed by atoms with Gasteiger partial charge in [-0.3, -0.25) is 4.79 Å². The van der Waals surface area contributed by atoms with E-state index in [-0.39, 0.29) is 0 Å². The van der Waals surface area contributed by atoms with Crippen molar-refractivity contribution in [1.29, 1.82) is 0 Å². The second-order valence-corrected chi connectivity index (χ2v) is 9.00. The summed E-state index contributed by atoms with van der Waals surface area (Å²) in [5, 5.41) is 0. The molecule has 1 nitrogen and oxygen atoms in total. The SMILES string of the molecule is C=C1CCC2C3CCC4CC(=O)CCC4(C)C3CCC12C.CC.CS. The van der Waals surface area contributed by atoms with Crippen LogP contribution in [0.2, 0.25) is 0 Å². The molecule has 0 radical (unpaired) electrons. The van der Waals surface area contributed by atoms with E-state index in [0.717, 1.165) is 30.6 Å². The van der Waals surface area contributed by atoms with Crippen LogP contribution in [0.3, 0.4) is 0 Å². The number of fused-ring (bicyclic) bond motifs is 5. The Morgan fingerprint density at radius 1 is 0.960 bits per heavy atom. The molecule has 4 saturated carbocycles. The fourth-order valence-corrected chi connectivity index (χ4v) is 6.95. The van der Waals surface area contributed by atoms with E-state index >= 15 is 0 Å². The maximum atomic E-state index is 11.9. The predicted molar refractivity (Wildman–Crippen MR) is 112 cm³/mol. The molecule has 6 unspecified atom stereocenters. The van der Waals surface area contributed by atoms with Gasteiger partial charge in [0.15, 0.2) is 0 Å². The van der Waals surface area contributed by atoms with Gasteiger partial charge in [0, 0.05) is 12.8 Å². The first-order valence-electron chi connectivity index (χ1n) is 10.6. The minimum Gasteiger partial charge on any atom is -0.300 e. The Labute approximate surface area is 161 Å². The lowest BCUT2D eigenvalue weighted by Gasteiger charge is -2.59. The third-order valence-electron chi connectivity index (χ3n) is 8.44. The summed E-state index contributed by atoms with van der Waals surface area (Å²) in [5.74, 6) is 3.91. The minimum absolute atomic E-state index is 0.439. The monoisotopic (exact) mass is 364 g/mol. The lowest BCUT2D eigenvalue weighted by atomic mass is 9.45. The molecule has 144 valence electrons. The van der Waals surface area contributed by atoms with Gasteiger partial charge in [-0.1, -0.05) is 39.8 Å². The second-order valence-electron chi connectivity index (χ2n) is 9.00. The van der Waals surface area contributed by atoms with Gasteiger partial charge in [0.25, 0.3) is 0 Å². The molecule has 0 amide bonds. The molecule has 0 aromatic carbocycles. The summed E-state index contributed by atoms with van der Waals surface area (Å²) in [6.45, 7) is 13.4. The highest BCUT2D eigenvalue weighted by Crippen LogP contribution is 2.66. The van der Waals surface area contributed by atoms with Gasteiger partial charge in [0.1, 0.15) is 5.78 Å². The molecular formula is C23H40OS. The number of Topliss-reactive ketones (excluding diaryl/α,β-unsaturated/α-hetero) is 1. The molecule has 0 heterocycles. The molecule has 25 heavy (non-hydrogen) atoms. The van der Waals surface area contributed by atoms with Gasteiger partial charge in [-0.2, -0.15) is 12.6 Å². The van der Waals surface area contributed by atoms with Crippen LogP contribution in [0.5, 0.6) is 0 Å². The molecule has 4 aliphatic carbocycles. The Morgan fingerprint density at radius 2 is 1.64 bits per heavy atom. The van der Waals surface area contributed by atoms with E-state index < -0.39 is 0 Å². The number of ketones is 1. The zero-order valence-electron chi connectivity index (χ0n) is 17.2. The molecule has 6 atom stereocenters. The Morgan fingerprint density at radius 3 is 2.32 bits per heavy atom. The number of carbonyl (C=O) groups excluding carboxylic acids is 1. The van der Waals surface area contributed by atoms with Crippen LogP contribution in [0, 0.1) is 34.5 Å². The Bertz CT molecular complexity index is 498. The van der Waals surface area contributed by atoms with E-state index in [1.165, 1.54) is 50.5 Å². The van der Waals surface area contributed by atoms with Gasteiger partial charge in [-0.05, 0) is 85.7 Å². The van der Waals surface area contributed by atoms with E-state index in [9.17, 15) is 4.79 Å². The maximum Gasteiger partial charge on any atom is 0.133 e. The number of allylic oxidation sites excluding steroid dienone is 1. The molecule has 0 N–H and O–H groups in total. The van der Waals surface area contributed by atoms with E-state index in [0.29, 0.717) is 22.5 Å². The van der Waals surface area contributed by atoms with Crippen molar-refractivity contribution in [2.75, 3.05) is 6.26 Å². The van der Waals surface area contributed by atoms with Crippen LogP contribution in [0.25, 0.3) is 0 Å². The minimum atomic E-state index is 0.439. The van der Waals surface area contributed by atoms with Crippen molar-refractivity contribution in [2.24, 2.45) is 34.5 Å². The number of hydrogen-bond acceptors (Lipinski definition) is 2. The van der Waals surface area contributed by atoms with E-state index in [1.54, 1.807) is 6.26 Å². The zero-order valence-corrected chi connectivity index (χ0v) is 18.1.